The normalized spacial score (nSPS) is 20.2. The van der Waals surface area contributed by atoms with Crippen molar-refractivity contribution in [3.8, 4) is 5.75 Å². The number of ether oxygens (including phenoxy) is 1. The fraction of sp³-hybridized carbons (Fsp3) is 0.375. The van der Waals surface area contributed by atoms with E-state index in [0.29, 0.717) is 23.6 Å². The molecule has 1 fully saturated rings. The van der Waals surface area contributed by atoms with Gasteiger partial charge in [0.1, 0.15) is 11.8 Å². The molecule has 2 aromatic rings. The van der Waals surface area contributed by atoms with Crippen molar-refractivity contribution in [3.63, 3.8) is 0 Å². The summed E-state index contributed by atoms with van der Waals surface area (Å²) < 4.78 is 10.4. The van der Waals surface area contributed by atoms with Crippen molar-refractivity contribution in [1.82, 2.24) is 15.5 Å². The Morgan fingerprint density at radius 1 is 1.38 bits per heavy atom. The lowest BCUT2D eigenvalue weighted by molar-refractivity contribution is -0.140. The number of aromatic nitrogens is 2. The van der Waals surface area contributed by atoms with Crippen LogP contribution in [0.2, 0.25) is 0 Å². The van der Waals surface area contributed by atoms with Crippen LogP contribution < -0.4 is 10.1 Å². The van der Waals surface area contributed by atoms with Gasteiger partial charge in [-0.2, -0.15) is 4.98 Å². The van der Waals surface area contributed by atoms with Gasteiger partial charge in [0.15, 0.2) is 5.82 Å². The Morgan fingerprint density at radius 3 is 2.71 bits per heavy atom. The van der Waals surface area contributed by atoms with Crippen molar-refractivity contribution in [2.75, 3.05) is 7.11 Å². The van der Waals surface area contributed by atoms with E-state index in [1.165, 1.54) is 7.11 Å². The lowest BCUT2D eigenvalue weighted by Gasteiger charge is -2.18. The van der Waals surface area contributed by atoms with Crippen LogP contribution in [0.1, 0.15) is 29.7 Å². The summed E-state index contributed by atoms with van der Waals surface area (Å²) in [5.74, 6) is -1.24. The number of aliphatic carboxylic acids is 1. The summed E-state index contributed by atoms with van der Waals surface area (Å²) in [5, 5.41) is 15.7. The van der Waals surface area contributed by atoms with Gasteiger partial charge in [0.2, 0.25) is 11.8 Å². The second-order valence-corrected chi connectivity index (χ2v) is 5.64. The van der Waals surface area contributed by atoms with E-state index in [1.807, 2.05) is 6.07 Å². The molecule has 1 amide bonds. The summed E-state index contributed by atoms with van der Waals surface area (Å²) >= 11 is 0. The fourth-order valence-electron chi connectivity index (χ4n) is 2.63. The van der Waals surface area contributed by atoms with Crippen molar-refractivity contribution in [3.05, 3.63) is 41.5 Å². The molecule has 0 saturated heterocycles. The number of nitrogens with zero attached hydrogens (tertiary/aromatic N) is 2. The van der Waals surface area contributed by atoms with Crippen molar-refractivity contribution in [2.24, 2.45) is 11.8 Å². The molecule has 1 saturated carbocycles. The van der Waals surface area contributed by atoms with Gasteiger partial charge >= 0.3 is 5.97 Å². The molecule has 24 heavy (non-hydrogen) atoms. The number of carboxylic acid groups (broad SMARTS) is 1. The molecule has 0 spiro atoms. The molecule has 3 atom stereocenters. The largest absolute Gasteiger partial charge is 0.496 e. The monoisotopic (exact) mass is 331 g/mol. The molecule has 0 radical (unpaired) electrons. The van der Waals surface area contributed by atoms with Crippen LogP contribution in [0.5, 0.6) is 5.75 Å². The standard InChI is InChI=1S/C16H17N3O5/c1-8-17-14(19-24-8)13(9-5-3-4-6-12(9)23-2)18-15(20)10-7-11(10)16(21)22/h3-6,10-11,13H,7H2,1-2H3,(H,18,20)(H,21,22)/t10-,11-,13-/m0/s1. The molecule has 8 heteroatoms. The highest BCUT2D eigenvalue weighted by atomic mass is 16.5. The smallest absolute Gasteiger partial charge is 0.307 e. The minimum Gasteiger partial charge on any atom is -0.496 e. The zero-order valence-corrected chi connectivity index (χ0v) is 13.2. The van der Waals surface area contributed by atoms with Crippen molar-refractivity contribution >= 4 is 11.9 Å². The zero-order chi connectivity index (χ0) is 17.3. The third kappa shape index (κ3) is 3.08. The van der Waals surface area contributed by atoms with Gasteiger partial charge in [-0.05, 0) is 12.5 Å². The molecule has 0 aliphatic heterocycles. The maximum Gasteiger partial charge on any atom is 0.307 e. The molecule has 3 rings (SSSR count). The average Bonchev–Trinajstić information content (AvgIpc) is 3.28. The molecule has 8 nitrogen and oxygen atoms in total. The summed E-state index contributed by atoms with van der Waals surface area (Å²) in [6, 6.07) is 6.49. The highest BCUT2D eigenvalue weighted by Gasteiger charge is 2.49. The quantitative estimate of drug-likeness (QED) is 0.820. The first kappa shape index (κ1) is 16.0. The van der Waals surface area contributed by atoms with Crippen molar-refractivity contribution in [2.45, 2.75) is 19.4 Å². The predicted octanol–water partition coefficient (Wildman–Crippen LogP) is 1.31. The minimum absolute atomic E-state index is 0.290. The molecule has 1 aliphatic carbocycles. The van der Waals surface area contributed by atoms with Crippen LogP contribution in [0.25, 0.3) is 0 Å². The first-order chi connectivity index (χ1) is 11.5. The van der Waals surface area contributed by atoms with E-state index in [4.69, 9.17) is 14.4 Å². The first-order valence-electron chi connectivity index (χ1n) is 7.47. The van der Waals surface area contributed by atoms with E-state index in [-0.39, 0.29) is 11.7 Å². The predicted molar refractivity (Wildman–Crippen MR) is 81.2 cm³/mol. The maximum atomic E-state index is 12.4. The van der Waals surface area contributed by atoms with Crippen LogP contribution in [0.15, 0.2) is 28.8 Å². The summed E-state index contributed by atoms with van der Waals surface area (Å²) in [5.41, 5.74) is 0.668. The van der Waals surface area contributed by atoms with Crippen LogP contribution in [0.3, 0.4) is 0 Å². The molecular weight excluding hydrogens is 314 g/mol. The number of carbonyl (C=O) groups excluding carboxylic acids is 1. The number of carboxylic acids is 1. The summed E-state index contributed by atoms with van der Waals surface area (Å²) in [4.78, 5) is 27.5. The number of hydrogen-bond acceptors (Lipinski definition) is 6. The van der Waals surface area contributed by atoms with Gasteiger partial charge in [-0.3, -0.25) is 9.59 Å². The molecule has 1 aliphatic rings. The van der Waals surface area contributed by atoms with Crippen LogP contribution in [0.4, 0.5) is 0 Å². The fourth-order valence-corrected chi connectivity index (χ4v) is 2.63. The van der Waals surface area contributed by atoms with E-state index in [2.05, 4.69) is 15.5 Å². The van der Waals surface area contributed by atoms with E-state index in [0.717, 1.165) is 0 Å². The average molecular weight is 331 g/mol. The molecular formula is C16H17N3O5. The van der Waals surface area contributed by atoms with Gasteiger partial charge in [-0.1, -0.05) is 23.4 Å². The van der Waals surface area contributed by atoms with Crippen LogP contribution in [0, 0.1) is 18.8 Å². The minimum atomic E-state index is -0.959. The van der Waals surface area contributed by atoms with Crippen LogP contribution >= 0.6 is 0 Å². The van der Waals surface area contributed by atoms with Gasteiger partial charge in [-0.15, -0.1) is 0 Å². The summed E-state index contributed by atoms with van der Waals surface area (Å²) in [7, 11) is 1.53. The SMILES string of the molecule is COc1ccccc1[C@H](NC(=O)[C@H]1C[C@@H]1C(=O)O)c1noc(C)n1. The Labute approximate surface area is 137 Å². The second kappa shape index (κ2) is 6.31. The number of rotatable bonds is 6. The molecule has 0 unspecified atom stereocenters. The molecule has 0 bridgehead atoms. The number of nitrogens with one attached hydrogen (secondary N) is 1. The zero-order valence-electron chi connectivity index (χ0n) is 13.2. The van der Waals surface area contributed by atoms with E-state index >= 15 is 0 Å². The molecule has 1 aromatic carbocycles. The number of amides is 1. The van der Waals surface area contributed by atoms with Gasteiger partial charge < -0.3 is 19.7 Å². The van der Waals surface area contributed by atoms with Crippen LogP contribution in [-0.2, 0) is 9.59 Å². The van der Waals surface area contributed by atoms with Gasteiger partial charge in [0, 0.05) is 12.5 Å². The lowest BCUT2D eigenvalue weighted by atomic mass is 10.0. The number of aryl methyl sites for hydroxylation is 1. The van der Waals surface area contributed by atoms with Crippen LogP contribution in [-0.4, -0.2) is 34.2 Å². The maximum absolute atomic E-state index is 12.4. The van der Waals surface area contributed by atoms with Gasteiger partial charge in [-0.25, -0.2) is 0 Å². The van der Waals surface area contributed by atoms with E-state index < -0.39 is 23.8 Å². The van der Waals surface area contributed by atoms with Gasteiger partial charge in [0.25, 0.3) is 0 Å². The third-order valence-electron chi connectivity index (χ3n) is 3.98. The Hall–Kier alpha value is -2.90. The molecule has 126 valence electrons. The Balaban J connectivity index is 1.89. The highest BCUT2D eigenvalue weighted by Crippen LogP contribution is 2.39. The molecule has 1 aromatic heterocycles. The summed E-state index contributed by atoms with van der Waals surface area (Å²) in [6.07, 6.45) is 0.338. The molecule has 2 N–H and O–H groups in total. The number of hydrogen-bond donors (Lipinski definition) is 2. The molecule has 1 heterocycles. The number of benzene rings is 1. The Kier molecular flexibility index (Phi) is 4.20. The lowest BCUT2D eigenvalue weighted by Crippen LogP contribution is -2.32. The topological polar surface area (TPSA) is 115 Å². The van der Waals surface area contributed by atoms with E-state index in [9.17, 15) is 9.59 Å². The van der Waals surface area contributed by atoms with Crippen molar-refractivity contribution < 1.29 is 24.0 Å². The third-order valence-corrected chi connectivity index (χ3v) is 3.98. The van der Waals surface area contributed by atoms with Crippen molar-refractivity contribution in [1.29, 1.82) is 0 Å². The van der Waals surface area contributed by atoms with E-state index in [1.54, 1.807) is 25.1 Å². The number of para-hydroxylation sites is 1. The highest BCUT2D eigenvalue weighted by molar-refractivity contribution is 5.89. The second-order valence-electron chi connectivity index (χ2n) is 5.64. The Bertz CT molecular complexity index is 773. The van der Waals surface area contributed by atoms with Gasteiger partial charge in [0.05, 0.1) is 18.9 Å². The number of methoxy groups -OCH3 is 1. The summed E-state index contributed by atoms with van der Waals surface area (Å²) in [6.45, 7) is 1.65. The Morgan fingerprint density at radius 2 is 2.12 bits per heavy atom. The first-order valence-corrected chi connectivity index (χ1v) is 7.47. The number of carbonyl (C=O) groups is 2.